The van der Waals surface area contributed by atoms with Crippen LogP contribution in [0.5, 0.6) is 0 Å². The van der Waals surface area contributed by atoms with Crippen LogP contribution in [0.25, 0.3) is 22.3 Å². The SMILES string of the molecule is CC1CCC(Cn2c(N3CCC[C@H]3CF)nc3cc(C(=N)NO)nc(-c4cncc(Cl)c4)c32)CC1. The molecule has 1 aliphatic heterocycles. The van der Waals surface area contributed by atoms with E-state index in [0.29, 0.717) is 27.7 Å². The molecule has 0 amide bonds. The molecule has 1 aliphatic carbocycles. The molecule has 3 N–H and O–H groups in total. The molecule has 0 bridgehead atoms. The number of rotatable bonds is 6. The van der Waals surface area contributed by atoms with Crippen molar-refractivity contribution in [2.75, 3.05) is 18.1 Å². The maximum atomic E-state index is 13.9. The van der Waals surface area contributed by atoms with Crippen molar-refractivity contribution in [2.24, 2.45) is 11.8 Å². The summed E-state index contributed by atoms with van der Waals surface area (Å²) in [6.45, 7) is 3.41. The molecule has 1 saturated heterocycles. The van der Waals surface area contributed by atoms with Crippen molar-refractivity contribution in [2.45, 2.75) is 58.0 Å². The Balaban J connectivity index is 1.72. The van der Waals surface area contributed by atoms with E-state index in [1.807, 2.05) is 5.48 Å². The molecule has 1 saturated carbocycles. The third kappa shape index (κ3) is 4.71. The molecule has 2 aliphatic rings. The van der Waals surface area contributed by atoms with Crippen molar-refractivity contribution in [3.05, 3.63) is 35.2 Å². The van der Waals surface area contributed by atoms with Gasteiger partial charge in [0.05, 0.1) is 27.8 Å². The second-order valence-corrected chi connectivity index (χ2v) is 10.3. The molecule has 10 heteroatoms. The molecule has 4 heterocycles. The maximum Gasteiger partial charge on any atom is 0.206 e. The third-order valence-electron chi connectivity index (χ3n) is 7.44. The molecular formula is C25H31ClFN7O. The maximum absolute atomic E-state index is 13.9. The first-order valence-electron chi connectivity index (χ1n) is 12.3. The van der Waals surface area contributed by atoms with Crippen molar-refractivity contribution < 1.29 is 9.60 Å². The largest absolute Gasteiger partial charge is 0.337 e. The van der Waals surface area contributed by atoms with Crippen molar-refractivity contribution in [1.82, 2.24) is 25.0 Å². The number of fused-ring (bicyclic) bond motifs is 1. The van der Waals surface area contributed by atoms with Gasteiger partial charge in [0, 0.05) is 31.0 Å². The van der Waals surface area contributed by atoms with E-state index in [9.17, 15) is 9.60 Å². The van der Waals surface area contributed by atoms with Gasteiger partial charge in [-0.05, 0) is 49.7 Å². The lowest BCUT2D eigenvalue weighted by molar-refractivity contribution is 0.234. The second kappa shape index (κ2) is 10.1. The zero-order valence-electron chi connectivity index (χ0n) is 19.8. The molecule has 3 aromatic rings. The number of aromatic nitrogens is 4. The Labute approximate surface area is 209 Å². The fraction of sp³-hybridized carbons (Fsp3) is 0.520. The van der Waals surface area contributed by atoms with Crippen LogP contribution in [0.1, 0.15) is 51.1 Å². The van der Waals surface area contributed by atoms with Crippen LogP contribution in [-0.4, -0.2) is 49.8 Å². The summed E-state index contributed by atoms with van der Waals surface area (Å²) in [6.07, 6.45) is 9.67. The van der Waals surface area contributed by atoms with Crippen molar-refractivity contribution in [3.8, 4) is 11.3 Å². The summed E-state index contributed by atoms with van der Waals surface area (Å²) >= 11 is 6.27. The summed E-state index contributed by atoms with van der Waals surface area (Å²) in [4.78, 5) is 16.0. The summed E-state index contributed by atoms with van der Waals surface area (Å²) in [5.74, 6) is 1.76. The number of nitrogens with zero attached hydrogens (tertiary/aromatic N) is 5. The monoisotopic (exact) mass is 499 g/mol. The van der Waals surface area contributed by atoms with Gasteiger partial charge in [-0.25, -0.2) is 14.4 Å². The first-order valence-corrected chi connectivity index (χ1v) is 12.7. The van der Waals surface area contributed by atoms with Gasteiger partial charge in [-0.15, -0.1) is 0 Å². The van der Waals surface area contributed by atoms with E-state index in [0.717, 1.165) is 56.2 Å². The molecule has 0 spiro atoms. The van der Waals surface area contributed by atoms with E-state index < -0.39 is 6.67 Å². The number of hydrogen-bond acceptors (Lipinski definition) is 6. The molecule has 1 atom stereocenters. The smallest absolute Gasteiger partial charge is 0.206 e. The molecule has 0 radical (unpaired) electrons. The summed E-state index contributed by atoms with van der Waals surface area (Å²) in [5.41, 5.74) is 4.89. The highest BCUT2D eigenvalue weighted by molar-refractivity contribution is 6.30. The zero-order chi connectivity index (χ0) is 24.5. The minimum atomic E-state index is -0.419. The van der Waals surface area contributed by atoms with Gasteiger partial charge < -0.3 is 9.47 Å². The topological polar surface area (TPSA) is 103 Å². The van der Waals surface area contributed by atoms with Crippen LogP contribution < -0.4 is 10.4 Å². The summed E-state index contributed by atoms with van der Waals surface area (Å²) < 4.78 is 16.2. The number of alkyl halides is 1. The number of hydroxylamine groups is 1. The fourth-order valence-electron chi connectivity index (χ4n) is 5.49. The lowest BCUT2D eigenvalue weighted by atomic mass is 9.83. The van der Waals surface area contributed by atoms with E-state index >= 15 is 0 Å². The van der Waals surface area contributed by atoms with E-state index in [1.54, 1.807) is 24.5 Å². The first-order chi connectivity index (χ1) is 17.0. The molecular weight excluding hydrogens is 469 g/mol. The fourth-order valence-corrected chi connectivity index (χ4v) is 5.67. The number of nitrogens with one attached hydrogen (secondary N) is 2. The summed E-state index contributed by atoms with van der Waals surface area (Å²) in [6, 6.07) is 3.29. The lowest BCUT2D eigenvalue weighted by Gasteiger charge is -2.29. The highest BCUT2D eigenvalue weighted by Gasteiger charge is 2.31. The third-order valence-corrected chi connectivity index (χ3v) is 7.65. The highest BCUT2D eigenvalue weighted by atomic mass is 35.5. The summed E-state index contributed by atoms with van der Waals surface area (Å²) in [5, 5.41) is 18.0. The predicted octanol–water partition coefficient (Wildman–Crippen LogP) is 5.22. The Hall–Kier alpha value is -2.78. The van der Waals surface area contributed by atoms with Crippen LogP contribution in [0.15, 0.2) is 24.5 Å². The number of halogens is 2. The number of pyridine rings is 2. The molecule has 2 fully saturated rings. The first kappa shape index (κ1) is 23.9. The van der Waals surface area contributed by atoms with Gasteiger partial charge in [-0.1, -0.05) is 31.4 Å². The zero-order valence-corrected chi connectivity index (χ0v) is 20.6. The minimum absolute atomic E-state index is 0.196. The van der Waals surface area contributed by atoms with Crippen LogP contribution in [0.3, 0.4) is 0 Å². The molecule has 0 unspecified atom stereocenters. The summed E-state index contributed by atoms with van der Waals surface area (Å²) in [7, 11) is 0. The molecule has 3 aromatic heterocycles. The molecule has 35 heavy (non-hydrogen) atoms. The molecule has 0 aromatic carbocycles. The Morgan fingerprint density at radius 3 is 2.71 bits per heavy atom. The standard InChI is InChI=1S/C25H31ClFN7O/c1-15-4-6-16(7-5-15)14-34-23-20(31-25(34)33-8-2-3-19(33)11-27)10-21(24(28)32-35)30-22(23)17-9-18(26)13-29-12-17/h9-10,12-13,15-16,19,35H,2-8,11,14H2,1H3,(H2,28,32)/t15?,16?,19-/m0/s1. The van der Waals surface area contributed by atoms with Crippen molar-refractivity contribution in [1.29, 1.82) is 5.41 Å². The normalized spacial score (nSPS) is 22.6. The van der Waals surface area contributed by atoms with Crippen LogP contribution in [0.4, 0.5) is 10.3 Å². The average molecular weight is 500 g/mol. The predicted molar refractivity (Wildman–Crippen MR) is 135 cm³/mol. The van der Waals surface area contributed by atoms with Crippen LogP contribution in [0.2, 0.25) is 5.02 Å². The number of imidazole rings is 1. The van der Waals surface area contributed by atoms with E-state index in [-0.39, 0.29) is 17.6 Å². The molecule has 8 nitrogen and oxygen atoms in total. The highest BCUT2D eigenvalue weighted by Crippen LogP contribution is 2.37. The van der Waals surface area contributed by atoms with Crippen LogP contribution in [-0.2, 0) is 6.54 Å². The van der Waals surface area contributed by atoms with Crippen LogP contribution >= 0.6 is 11.6 Å². The Kier molecular flexibility index (Phi) is 6.88. The average Bonchev–Trinajstić information content (AvgIpc) is 3.48. The van der Waals surface area contributed by atoms with Gasteiger partial charge in [0.1, 0.15) is 12.4 Å². The van der Waals surface area contributed by atoms with Gasteiger partial charge in [-0.2, -0.15) is 0 Å². The minimum Gasteiger partial charge on any atom is -0.337 e. The molecule has 186 valence electrons. The van der Waals surface area contributed by atoms with Crippen molar-refractivity contribution in [3.63, 3.8) is 0 Å². The van der Waals surface area contributed by atoms with E-state index in [2.05, 4.69) is 21.4 Å². The number of amidine groups is 1. The van der Waals surface area contributed by atoms with Gasteiger partial charge in [0.15, 0.2) is 5.84 Å². The lowest BCUT2D eigenvalue weighted by Crippen LogP contribution is -2.33. The molecule has 5 rings (SSSR count). The number of anilines is 1. The van der Waals surface area contributed by atoms with Gasteiger partial charge in [-0.3, -0.25) is 21.1 Å². The van der Waals surface area contributed by atoms with E-state index in [1.165, 1.54) is 12.8 Å². The Bertz CT molecular complexity index is 1220. The number of hydrogen-bond donors (Lipinski definition) is 3. The van der Waals surface area contributed by atoms with Gasteiger partial charge in [0.2, 0.25) is 5.95 Å². The van der Waals surface area contributed by atoms with E-state index in [4.69, 9.17) is 27.0 Å². The Morgan fingerprint density at radius 2 is 2.00 bits per heavy atom. The quantitative estimate of drug-likeness (QED) is 0.244. The Morgan fingerprint density at radius 1 is 1.20 bits per heavy atom. The van der Waals surface area contributed by atoms with Gasteiger partial charge >= 0.3 is 0 Å². The van der Waals surface area contributed by atoms with Gasteiger partial charge in [0.25, 0.3) is 0 Å². The van der Waals surface area contributed by atoms with Crippen molar-refractivity contribution >= 4 is 34.4 Å². The van der Waals surface area contributed by atoms with Crippen LogP contribution in [0, 0.1) is 17.2 Å². The second-order valence-electron chi connectivity index (χ2n) is 9.89.